The molecule has 2 amide bonds. The third-order valence-corrected chi connectivity index (χ3v) is 1.46. The van der Waals surface area contributed by atoms with Crippen LogP contribution in [0.1, 0.15) is 33.6 Å². The van der Waals surface area contributed by atoms with Gasteiger partial charge in [0.1, 0.15) is 0 Å². The van der Waals surface area contributed by atoms with Crippen LogP contribution in [0.25, 0.3) is 0 Å². The summed E-state index contributed by atoms with van der Waals surface area (Å²) in [7, 11) is 0. The molecule has 0 saturated heterocycles. The molecule has 4 N–H and O–H groups in total. The Labute approximate surface area is 148 Å². The molecule has 0 aromatic heterocycles. The minimum absolute atomic E-state index is 0. The van der Waals surface area contributed by atoms with Gasteiger partial charge in [-0.2, -0.15) is 0 Å². The van der Waals surface area contributed by atoms with Crippen molar-refractivity contribution in [2.24, 2.45) is 5.73 Å². The molecule has 0 rings (SSSR count). The predicted octanol–water partition coefficient (Wildman–Crippen LogP) is -2.54. The van der Waals surface area contributed by atoms with Gasteiger partial charge in [0, 0.05) is 32.5 Å². The van der Waals surface area contributed by atoms with Gasteiger partial charge >= 0.3 is 51.4 Å². The summed E-state index contributed by atoms with van der Waals surface area (Å²) in [6.45, 7) is 7.07. The second-order valence-corrected chi connectivity index (χ2v) is 2.59. The van der Waals surface area contributed by atoms with E-state index in [4.69, 9.17) is 5.73 Å². The van der Waals surface area contributed by atoms with E-state index in [-0.39, 0.29) is 70.6 Å². The molecule has 0 spiro atoms. The van der Waals surface area contributed by atoms with Gasteiger partial charge < -0.3 is 23.8 Å². The molecule has 0 aliphatic heterocycles. The summed E-state index contributed by atoms with van der Waals surface area (Å²) in [5.74, 6) is -0.0821. The van der Waals surface area contributed by atoms with Crippen molar-refractivity contribution in [2.45, 2.75) is 33.6 Å². The molecule has 5 nitrogen and oxygen atoms in total. The Balaban J connectivity index is -0.000000199. The smallest absolute Gasteiger partial charge is 0.358 e. The molecule has 0 atom stereocenters. The molecule has 0 heterocycles. The molecule has 6 heteroatoms. The Hall–Kier alpha value is 0.536. The maximum absolute atomic E-state index is 10.9. The van der Waals surface area contributed by atoms with Gasteiger partial charge in [0.15, 0.2) is 0 Å². The van der Waals surface area contributed by atoms with E-state index in [0.717, 1.165) is 0 Å². The molecule has 0 aliphatic carbocycles. The molecule has 0 aromatic carbocycles. The second kappa shape index (κ2) is 21.8. The molecular formula is C11H26KN3O2. The Bertz CT molecular complexity index is 178. The van der Waals surface area contributed by atoms with Gasteiger partial charge in [-0.15, -0.1) is 0 Å². The van der Waals surface area contributed by atoms with Crippen LogP contribution in [0.5, 0.6) is 0 Å². The summed E-state index contributed by atoms with van der Waals surface area (Å²) in [5.41, 5.74) is 5.17. The first-order chi connectivity index (χ1) is 7.20. The fourth-order valence-corrected chi connectivity index (χ4v) is 0.748. The molecule has 0 bridgehead atoms. The van der Waals surface area contributed by atoms with Crippen molar-refractivity contribution < 1.29 is 61.0 Å². The Morgan fingerprint density at radius 1 is 1.06 bits per heavy atom. The number of nitrogens with two attached hydrogens (primary N) is 1. The van der Waals surface area contributed by atoms with E-state index in [9.17, 15) is 9.59 Å². The van der Waals surface area contributed by atoms with Gasteiger partial charge in [-0.25, -0.2) is 0 Å². The normalized spacial score (nSPS) is 7.53. The first-order valence-electron chi connectivity index (χ1n) is 5.44. The standard InChI is InChI=1S/C8H17N3O2.C2H6.CH3.K/c1-2-7(12)10-5-6-11-8(13)3-4-9;1-2;;/h2-6,9H2,1H3,(H,10,12)(H,11,13);1-2H3;1H3;/q;;-1;+1. The number of nitrogens with one attached hydrogen (secondary N) is 2. The van der Waals surface area contributed by atoms with E-state index in [2.05, 4.69) is 10.6 Å². The minimum atomic E-state index is -0.0757. The van der Waals surface area contributed by atoms with E-state index in [0.29, 0.717) is 32.5 Å². The zero-order valence-corrected chi connectivity index (χ0v) is 15.1. The van der Waals surface area contributed by atoms with Crippen molar-refractivity contribution in [2.75, 3.05) is 19.6 Å². The molecule has 0 saturated carbocycles. The van der Waals surface area contributed by atoms with Crippen LogP contribution in [-0.2, 0) is 9.59 Å². The zero-order valence-electron chi connectivity index (χ0n) is 11.9. The summed E-state index contributed by atoms with van der Waals surface area (Å²) in [5, 5.41) is 5.27. The molecule has 0 aromatic rings. The van der Waals surface area contributed by atoms with E-state index in [1.165, 1.54) is 0 Å². The topological polar surface area (TPSA) is 84.2 Å². The number of carbonyl (C=O) groups excluding carboxylic acids is 2. The van der Waals surface area contributed by atoms with Gasteiger partial charge in [-0.3, -0.25) is 9.59 Å². The number of hydrogen-bond acceptors (Lipinski definition) is 3. The molecular weight excluding hydrogens is 245 g/mol. The van der Waals surface area contributed by atoms with Gasteiger partial charge in [0.05, 0.1) is 0 Å². The summed E-state index contributed by atoms with van der Waals surface area (Å²) in [6.07, 6.45) is 0.804. The molecule has 17 heavy (non-hydrogen) atoms. The van der Waals surface area contributed by atoms with Crippen molar-refractivity contribution >= 4 is 11.8 Å². The maximum Gasteiger partial charge on any atom is 1.00 e. The molecule has 98 valence electrons. The number of amides is 2. The summed E-state index contributed by atoms with van der Waals surface area (Å²) in [6, 6.07) is 0. The van der Waals surface area contributed by atoms with Gasteiger partial charge in [0.2, 0.25) is 11.8 Å². The molecule has 0 fully saturated rings. The SMILES string of the molecule is CC.CCC(=O)NCCNC(=O)CCN.[CH3-].[K+]. The summed E-state index contributed by atoms with van der Waals surface area (Å²) >= 11 is 0. The Kier molecular flexibility index (Phi) is 33.5. The third-order valence-electron chi connectivity index (χ3n) is 1.46. The van der Waals surface area contributed by atoms with Crippen LogP contribution in [0, 0.1) is 7.43 Å². The van der Waals surface area contributed by atoms with Crippen LogP contribution in [0.4, 0.5) is 0 Å². The quantitative estimate of drug-likeness (QED) is 0.283. The van der Waals surface area contributed by atoms with Crippen LogP contribution in [-0.4, -0.2) is 31.4 Å². The van der Waals surface area contributed by atoms with Crippen LogP contribution in [0.15, 0.2) is 0 Å². The van der Waals surface area contributed by atoms with Gasteiger partial charge in [-0.1, -0.05) is 20.8 Å². The minimum Gasteiger partial charge on any atom is -0.358 e. The van der Waals surface area contributed by atoms with Crippen molar-refractivity contribution in [3.8, 4) is 0 Å². The maximum atomic E-state index is 10.9. The summed E-state index contributed by atoms with van der Waals surface area (Å²) < 4.78 is 0. The van der Waals surface area contributed by atoms with Crippen LogP contribution in [0.2, 0.25) is 0 Å². The predicted molar refractivity (Wildman–Crippen MR) is 67.7 cm³/mol. The zero-order chi connectivity index (χ0) is 12.1. The Morgan fingerprint density at radius 2 is 1.47 bits per heavy atom. The van der Waals surface area contributed by atoms with E-state index < -0.39 is 0 Å². The second-order valence-electron chi connectivity index (χ2n) is 2.59. The van der Waals surface area contributed by atoms with Gasteiger partial charge in [-0.05, 0) is 0 Å². The number of hydrogen-bond donors (Lipinski definition) is 3. The van der Waals surface area contributed by atoms with Crippen LogP contribution >= 0.6 is 0 Å². The van der Waals surface area contributed by atoms with Crippen molar-refractivity contribution in [3.63, 3.8) is 0 Å². The van der Waals surface area contributed by atoms with E-state index >= 15 is 0 Å². The first-order valence-corrected chi connectivity index (χ1v) is 5.44. The average molecular weight is 271 g/mol. The third kappa shape index (κ3) is 22.2. The molecule has 0 radical (unpaired) electrons. The molecule has 0 aliphatic rings. The van der Waals surface area contributed by atoms with E-state index in [1.54, 1.807) is 6.92 Å². The number of carbonyl (C=O) groups is 2. The van der Waals surface area contributed by atoms with Crippen molar-refractivity contribution in [1.82, 2.24) is 10.6 Å². The van der Waals surface area contributed by atoms with Crippen molar-refractivity contribution in [1.29, 1.82) is 0 Å². The largest absolute Gasteiger partial charge is 1.00 e. The summed E-state index contributed by atoms with van der Waals surface area (Å²) in [4.78, 5) is 21.6. The molecule has 0 unspecified atom stereocenters. The van der Waals surface area contributed by atoms with Crippen LogP contribution < -0.4 is 67.8 Å². The van der Waals surface area contributed by atoms with E-state index in [1.807, 2.05) is 13.8 Å². The monoisotopic (exact) mass is 271 g/mol. The van der Waals surface area contributed by atoms with Crippen LogP contribution in [0.3, 0.4) is 0 Å². The fourth-order valence-electron chi connectivity index (χ4n) is 0.748. The first kappa shape index (κ1) is 26.2. The van der Waals surface area contributed by atoms with Gasteiger partial charge in [0.25, 0.3) is 0 Å². The van der Waals surface area contributed by atoms with Crippen molar-refractivity contribution in [3.05, 3.63) is 7.43 Å². The fraction of sp³-hybridized carbons (Fsp3) is 0.727. The number of rotatable bonds is 6. The average Bonchev–Trinajstić information content (AvgIpc) is 2.27. The Morgan fingerprint density at radius 3 is 1.82 bits per heavy atom.